The summed E-state index contributed by atoms with van der Waals surface area (Å²) in [5, 5.41) is 15.3. The summed E-state index contributed by atoms with van der Waals surface area (Å²) in [6, 6.07) is 1.91. The highest BCUT2D eigenvalue weighted by Crippen LogP contribution is 2.43. The molecule has 1 N–H and O–H groups in total. The van der Waals surface area contributed by atoms with Crippen LogP contribution in [0.1, 0.15) is 41.6 Å². The standard InChI is InChI=1S/C18H23N3O4S/c1-10(2)14-12-6-13(26-16(12)20(3)19-14)15(22)21-7-11-8-25-5-4-18(11,9-21)17(23)24/h6,10-11H,4-5,7-9H2,1-3H3,(H,23,24)/t11-,18+/m0/s1. The van der Waals surface area contributed by atoms with Crippen LogP contribution in [-0.4, -0.2) is 58.0 Å². The maximum absolute atomic E-state index is 13.1. The molecule has 2 aromatic rings. The molecule has 0 unspecified atom stereocenters. The maximum Gasteiger partial charge on any atom is 0.311 e. The number of aliphatic carboxylic acids is 1. The van der Waals surface area contributed by atoms with E-state index in [1.54, 1.807) is 4.90 Å². The Bertz CT molecular complexity index is 887. The summed E-state index contributed by atoms with van der Waals surface area (Å²) in [6.07, 6.45) is 0.463. The average Bonchev–Trinajstić information content (AvgIpc) is 3.27. The van der Waals surface area contributed by atoms with Gasteiger partial charge in [-0.1, -0.05) is 13.8 Å². The van der Waals surface area contributed by atoms with E-state index < -0.39 is 11.4 Å². The molecule has 0 bridgehead atoms. The van der Waals surface area contributed by atoms with Gasteiger partial charge in [-0.15, -0.1) is 11.3 Å². The Kier molecular flexibility index (Phi) is 4.07. The van der Waals surface area contributed by atoms with Crippen LogP contribution in [0.4, 0.5) is 0 Å². The van der Waals surface area contributed by atoms with Crippen LogP contribution in [0.5, 0.6) is 0 Å². The Hall–Kier alpha value is -1.93. The number of thiophene rings is 1. The van der Waals surface area contributed by atoms with Gasteiger partial charge in [0.05, 0.1) is 22.6 Å². The fourth-order valence-electron chi connectivity index (χ4n) is 4.21. The molecule has 2 aliphatic heterocycles. The number of rotatable bonds is 3. The average molecular weight is 377 g/mol. The second-order valence-corrected chi connectivity index (χ2v) is 8.69. The van der Waals surface area contributed by atoms with E-state index in [1.165, 1.54) is 11.3 Å². The third-order valence-corrected chi connectivity index (χ3v) is 6.91. The Balaban J connectivity index is 1.65. The van der Waals surface area contributed by atoms with Crippen LogP contribution in [-0.2, 0) is 16.6 Å². The molecule has 2 aromatic heterocycles. The molecule has 2 atom stereocenters. The molecule has 140 valence electrons. The van der Waals surface area contributed by atoms with Gasteiger partial charge in [0.15, 0.2) is 0 Å². The topological polar surface area (TPSA) is 84.7 Å². The number of carboxylic acids is 1. The van der Waals surface area contributed by atoms with Gasteiger partial charge in [0.2, 0.25) is 0 Å². The molecule has 0 radical (unpaired) electrons. The molecular formula is C18H23N3O4S. The molecule has 26 heavy (non-hydrogen) atoms. The summed E-state index contributed by atoms with van der Waals surface area (Å²) in [5.41, 5.74) is 0.123. The molecule has 0 aromatic carbocycles. The lowest BCUT2D eigenvalue weighted by Gasteiger charge is -2.33. The minimum absolute atomic E-state index is 0.0871. The smallest absolute Gasteiger partial charge is 0.311 e. The summed E-state index contributed by atoms with van der Waals surface area (Å²) in [6.45, 7) is 5.72. The number of hydrogen-bond acceptors (Lipinski definition) is 5. The van der Waals surface area contributed by atoms with Crippen LogP contribution in [0.25, 0.3) is 10.2 Å². The summed E-state index contributed by atoms with van der Waals surface area (Å²) in [7, 11) is 1.89. The lowest BCUT2D eigenvalue weighted by atomic mass is 9.74. The second kappa shape index (κ2) is 6.06. The van der Waals surface area contributed by atoms with Crippen molar-refractivity contribution in [3.8, 4) is 0 Å². The van der Waals surface area contributed by atoms with Crippen LogP contribution >= 0.6 is 11.3 Å². The predicted octanol–water partition coefficient (Wildman–Crippen LogP) is 2.32. The quantitative estimate of drug-likeness (QED) is 0.887. The number of nitrogens with zero attached hydrogens (tertiary/aromatic N) is 3. The molecule has 0 saturated carbocycles. The maximum atomic E-state index is 13.1. The monoisotopic (exact) mass is 377 g/mol. The van der Waals surface area contributed by atoms with Crippen molar-refractivity contribution in [1.82, 2.24) is 14.7 Å². The first-order valence-corrected chi connectivity index (χ1v) is 9.72. The van der Waals surface area contributed by atoms with Crippen molar-refractivity contribution >= 4 is 33.4 Å². The van der Waals surface area contributed by atoms with Crippen LogP contribution in [0.3, 0.4) is 0 Å². The van der Waals surface area contributed by atoms with Crippen molar-refractivity contribution in [2.45, 2.75) is 26.2 Å². The number of ether oxygens (including phenoxy) is 1. The van der Waals surface area contributed by atoms with E-state index in [-0.39, 0.29) is 24.3 Å². The Morgan fingerprint density at radius 1 is 1.46 bits per heavy atom. The summed E-state index contributed by atoms with van der Waals surface area (Å²) < 4.78 is 7.30. The van der Waals surface area contributed by atoms with Gasteiger partial charge in [-0.3, -0.25) is 14.3 Å². The molecule has 2 fully saturated rings. The molecule has 0 aliphatic carbocycles. The predicted molar refractivity (Wildman–Crippen MR) is 97.6 cm³/mol. The van der Waals surface area contributed by atoms with Gasteiger partial charge in [0, 0.05) is 38.0 Å². The first kappa shape index (κ1) is 17.5. The second-order valence-electron chi connectivity index (χ2n) is 7.66. The number of fused-ring (bicyclic) bond motifs is 2. The van der Waals surface area contributed by atoms with Crippen molar-refractivity contribution in [2.75, 3.05) is 26.3 Å². The molecule has 7 nitrogen and oxygen atoms in total. The molecule has 4 heterocycles. The third kappa shape index (κ3) is 2.46. The molecule has 0 spiro atoms. The Morgan fingerprint density at radius 2 is 2.23 bits per heavy atom. The molecule has 2 saturated heterocycles. The lowest BCUT2D eigenvalue weighted by Crippen LogP contribution is -2.45. The summed E-state index contributed by atoms with van der Waals surface area (Å²) in [5.74, 6) is -0.766. The largest absolute Gasteiger partial charge is 0.481 e. The normalized spacial score (nSPS) is 25.8. The fourth-order valence-corrected chi connectivity index (χ4v) is 5.26. The number of carbonyl (C=O) groups is 2. The third-order valence-electron chi connectivity index (χ3n) is 5.72. The number of likely N-dealkylation sites (tertiary alicyclic amines) is 1. The molecule has 8 heteroatoms. The van der Waals surface area contributed by atoms with E-state index in [0.29, 0.717) is 31.1 Å². The molecule has 1 amide bonds. The van der Waals surface area contributed by atoms with Crippen molar-refractivity contribution in [1.29, 1.82) is 0 Å². The van der Waals surface area contributed by atoms with E-state index in [1.807, 2.05) is 17.8 Å². The summed E-state index contributed by atoms with van der Waals surface area (Å²) >= 11 is 1.43. The van der Waals surface area contributed by atoms with Crippen molar-refractivity contribution < 1.29 is 19.4 Å². The molecule has 2 aliphatic rings. The first-order valence-electron chi connectivity index (χ1n) is 8.90. The van der Waals surface area contributed by atoms with Gasteiger partial charge in [-0.2, -0.15) is 5.10 Å². The zero-order valence-corrected chi connectivity index (χ0v) is 16.0. The van der Waals surface area contributed by atoms with Crippen LogP contribution in [0, 0.1) is 11.3 Å². The number of amides is 1. The fraction of sp³-hybridized carbons (Fsp3) is 0.611. The lowest BCUT2D eigenvalue weighted by molar-refractivity contribution is -0.157. The highest BCUT2D eigenvalue weighted by atomic mass is 32.1. The van der Waals surface area contributed by atoms with Gasteiger partial charge >= 0.3 is 5.97 Å². The van der Waals surface area contributed by atoms with Crippen molar-refractivity contribution in [2.24, 2.45) is 18.4 Å². The van der Waals surface area contributed by atoms with Crippen molar-refractivity contribution in [3.63, 3.8) is 0 Å². The van der Waals surface area contributed by atoms with E-state index in [9.17, 15) is 14.7 Å². The molecule has 4 rings (SSSR count). The molecular weight excluding hydrogens is 354 g/mol. The van der Waals surface area contributed by atoms with Crippen LogP contribution in [0.2, 0.25) is 0 Å². The number of hydrogen-bond donors (Lipinski definition) is 1. The number of carboxylic acid groups (broad SMARTS) is 1. The zero-order chi connectivity index (χ0) is 18.6. The number of aryl methyl sites for hydroxylation is 1. The summed E-state index contributed by atoms with van der Waals surface area (Å²) in [4.78, 5) is 28.3. The minimum Gasteiger partial charge on any atom is -0.481 e. The number of aromatic nitrogens is 2. The SMILES string of the molecule is CC(C)c1nn(C)c2sc(C(=O)N3C[C@H]4COCC[C@@]4(C(=O)O)C3)cc12. The minimum atomic E-state index is -0.866. The van der Waals surface area contributed by atoms with Gasteiger partial charge in [0.1, 0.15) is 4.83 Å². The van der Waals surface area contributed by atoms with Crippen LogP contribution in [0.15, 0.2) is 6.07 Å². The van der Waals surface area contributed by atoms with E-state index >= 15 is 0 Å². The van der Waals surface area contributed by atoms with E-state index in [4.69, 9.17) is 4.74 Å². The van der Waals surface area contributed by atoms with Gasteiger partial charge < -0.3 is 14.7 Å². The van der Waals surface area contributed by atoms with Gasteiger partial charge in [-0.05, 0) is 18.4 Å². The highest BCUT2D eigenvalue weighted by Gasteiger charge is 2.55. The van der Waals surface area contributed by atoms with Crippen molar-refractivity contribution in [3.05, 3.63) is 16.6 Å². The van der Waals surface area contributed by atoms with Gasteiger partial charge in [0.25, 0.3) is 5.91 Å². The Morgan fingerprint density at radius 3 is 2.88 bits per heavy atom. The highest BCUT2D eigenvalue weighted by molar-refractivity contribution is 7.20. The van der Waals surface area contributed by atoms with E-state index in [0.717, 1.165) is 15.9 Å². The van der Waals surface area contributed by atoms with Gasteiger partial charge in [-0.25, -0.2) is 0 Å². The number of carbonyl (C=O) groups excluding carboxylic acids is 1. The van der Waals surface area contributed by atoms with Crippen LogP contribution < -0.4 is 0 Å². The first-order chi connectivity index (χ1) is 12.3. The van der Waals surface area contributed by atoms with E-state index in [2.05, 4.69) is 18.9 Å². The Labute approximate surface area is 155 Å². The zero-order valence-electron chi connectivity index (χ0n) is 15.2.